The Morgan fingerprint density at radius 3 is 1.00 bits per heavy atom. The van der Waals surface area contributed by atoms with Gasteiger partial charge >= 0.3 is 0 Å². The molecule has 0 aromatic heterocycles. The number of rotatable bonds is 10. The minimum Gasteiger partial charge on any atom is -0.497 e. The van der Waals surface area contributed by atoms with Gasteiger partial charge in [0.1, 0.15) is 23.0 Å². The molecule has 0 heterocycles. The summed E-state index contributed by atoms with van der Waals surface area (Å²) in [5, 5.41) is 0. The highest BCUT2D eigenvalue weighted by Crippen LogP contribution is 2.44. The van der Waals surface area contributed by atoms with Crippen LogP contribution in [0.3, 0.4) is 0 Å². The van der Waals surface area contributed by atoms with Crippen LogP contribution in [0.15, 0.2) is 102 Å². The Kier molecular flexibility index (Phi) is 7.71. The average Bonchev–Trinajstić information content (AvgIpc) is 2.96. The molecule has 0 saturated heterocycles. The average molecular weight is 521 g/mol. The molecule has 0 amide bonds. The maximum absolute atomic E-state index is 13.8. The van der Waals surface area contributed by atoms with Crippen molar-refractivity contribution in [2.45, 2.75) is 10.5 Å². The summed E-state index contributed by atoms with van der Waals surface area (Å²) in [5.74, 6) is 2.41. The first-order chi connectivity index (χ1) is 17.9. The Morgan fingerprint density at radius 2 is 0.730 bits per heavy atom. The lowest BCUT2D eigenvalue weighted by molar-refractivity contribution is 0.163. The summed E-state index contributed by atoms with van der Waals surface area (Å²) in [6.07, 6.45) is 0. The van der Waals surface area contributed by atoms with Crippen molar-refractivity contribution in [1.29, 1.82) is 0 Å². The lowest BCUT2D eigenvalue weighted by Gasteiger charge is -2.35. The monoisotopic (exact) mass is 520 g/mol. The predicted octanol–water partition coefficient (Wildman–Crippen LogP) is 5.42. The van der Waals surface area contributed by atoms with E-state index in [0.29, 0.717) is 39.7 Å². The molecule has 192 valence electrons. The van der Waals surface area contributed by atoms with Crippen LogP contribution in [-0.2, 0) is 19.9 Å². The maximum atomic E-state index is 13.8. The standard InChI is InChI=1S/C29H28O7S/c1-32-24-11-5-21(6-12-24)29(22-7-13-25(33-2)14-8-22,23-9-15-26(34-3)16-10-23)36-37(30,31)28-19-17-27(35-4)18-20-28/h5-20H,1-4H3. The topological polar surface area (TPSA) is 80.3 Å². The van der Waals surface area contributed by atoms with E-state index in [1.807, 2.05) is 0 Å². The minimum absolute atomic E-state index is 0.00629. The van der Waals surface area contributed by atoms with E-state index in [4.69, 9.17) is 23.1 Å². The number of hydrogen-bond acceptors (Lipinski definition) is 7. The number of benzene rings is 4. The largest absolute Gasteiger partial charge is 0.497 e. The Bertz CT molecular complexity index is 1300. The van der Waals surface area contributed by atoms with Crippen molar-refractivity contribution in [1.82, 2.24) is 0 Å². The summed E-state index contributed by atoms with van der Waals surface area (Å²) in [5.41, 5.74) is 0.200. The van der Waals surface area contributed by atoms with Crippen LogP contribution >= 0.6 is 0 Å². The molecule has 0 unspecified atom stereocenters. The molecule has 0 radical (unpaired) electrons. The molecule has 7 nitrogen and oxygen atoms in total. The van der Waals surface area contributed by atoms with Crippen LogP contribution in [0.1, 0.15) is 16.7 Å². The molecule has 4 aromatic carbocycles. The van der Waals surface area contributed by atoms with E-state index >= 15 is 0 Å². The molecule has 0 atom stereocenters. The fraction of sp³-hybridized carbons (Fsp3) is 0.172. The molecule has 0 N–H and O–H groups in total. The van der Waals surface area contributed by atoms with Crippen LogP contribution in [0.4, 0.5) is 0 Å². The predicted molar refractivity (Wildman–Crippen MR) is 140 cm³/mol. The molecule has 0 aliphatic heterocycles. The zero-order chi connectivity index (χ0) is 26.5. The Balaban J connectivity index is 1.99. The lowest BCUT2D eigenvalue weighted by Crippen LogP contribution is -2.35. The van der Waals surface area contributed by atoms with E-state index < -0.39 is 15.7 Å². The van der Waals surface area contributed by atoms with Crippen LogP contribution in [0.5, 0.6) is 23.0 Å². The molecule has 0 fully saturated rings. The van der Waals surface area contributed by atoms with Crippen LogP contribution in [0, 0.1) is 0 Å². The molecular formula is C29H28O7S. The SMILES string of the molecule is COc1ccc(C(OS(=O)(=O)c2ccc(OC)cc2)(c2ccc(OC)cc2)c2ccc(OC)cc2)cc1. The molecule has 0 spiro atoms. The van der Waals surface area contributed by atoms with E-state index in [1.54, 1.807) is 106 Å². The molecule has 8 heteroatoms. The van der Waals surface area contributed by atoms with Gasteiger partial charge in [0.15, 0.2) is 5.60 Å². The highest BCUT2D eigenvalue weighted by molar-refractivity contribution is 7.86. The van der Waals surface area contributed by atoms with Crippen molar-refractivity contribution in [3.8, 4) is 23.0 Å². The van der Waals surface area contributed by atoms with Gasteiger partial charge < -0.3 is 18.9 Å². The number of hydrogen-bond donors (Lipinski definition) is 0. The van der Waals surface area contributed by atoms with E-state index in [9.17, 15) is 8.42 Å². The minimum atomic E-state index is -4.28. The van der Waals surface area contributed by atoms with Crippen molar-refractivity contribution >= 4 is 10.1 Å². The Labute approximate surface area is 217 Å². The first-order valence-corrected chi connectivity index (χ1v) is 12.8. The van der Waals surface area contributed by atoms with Gasteiger partial charge in [-0.2, -0.15) is 8.42 Å². The molecule has 0 bridgehead atoms. The zero-order valence-electron chi connectivity index (χ0n) is 21.0. The van der Waals surface area contributed by atoms with Crippen molar-refractivity contribution in [3.63, 3.8) is 0 Å². The van der Waals surface area contributed by atoms with Crippen LogP contribution in [0.2, 0.25) is 0 Å². The van der Waals surface area contributed by atoms with Gasteiger partial charge in [-0.05, 0) is 77.4 Å². The summed E-state index contributed by atoms with van der Waals surface area (Å²) in [4.78, 5) is -0.00629. The first-order valence-electron chi connectivity index (χ1n) is 11.4. The molecule has 4 aromatic rings. The second kappa shape index (κ2) is 10.9. The molecule has 4 rings (SSSR count). The first kappa shape index (κ1) is 26.1. The van der Waals surface area contributed by atoms with E-state index in [2.05, 4.69) is 0 Å². The molecule has 0 aliphatic rings. The van der Waals surface area contributed by atoms with Gasteiger partial charge in [-0.25, -0.2) is 4.18 Å². The molecule has 0 aliphatic carbocycles. The van der Waals surface area contributed by atoms with Gasteiger partial charge in [-0.15, -0.1) is 0 Å². The van der Waals surface area contributed by atoms with Gasteiger partial charge in [0.05, 0.1) is 33.3 Å². The van der Waals surface area contributed by atoms with E-state index in [1.165, 1.54) is 19.2 Å². The molecule has 37 heavy (non-hydrogen) atoms. The van der Waals surface area contributed by atoms with Crippen LogP contribution in [-0.4, -0.2) is 36.9 Å². The maximum Gasteiger partial charge on any atom is 0.298 e. The summed E-state index contributed by atoms with van der Waals surface area (Å²) in [6, 6.07) is 27.4. The Morgan fingerprint density at radius 1 is 0.459 bits per heavy atom. The number of ether oxygens (including phenoxy) is 4. The molecule has 0 saturated carbocycles. The van der Waals surface area contributed by atoms with E-state index in [-0.39, 0.29) is 4.90 Å². The third kappa shape index (κ3) is 5.26. The fourth-order valence-electron chi connectivity index (χ4n) is 4.08. The van der Waals surface area contributed by atoms with Gasteiger partial charge in [-0.3, -0.25) is 0 Å². The van der Waals surface area contributed by atoms with Crippen molar-refractivity contribution in [2.75, 3.05) is 28.4 Å². The zero-order valence-corrected chi connectivity index (χ0v) is 21.8. The van der Waals surface area contributed by atoms with Crippen LogP contribution < -0.4 is 18.9 Å². The number of methoxy groups -OCH3 is 4. The van der Waals surface area contributed by atoms with Crippen molar-refractivity contribution in [2.24, 2.45) is 0 Å². The normalized spacial score (nSPS) is 11.6. The molecular weight excluding hydrogens is 492 g/mol. The lowest BCUT2D eigenvalue weighted by atomic mass is 9.80. The smallest absolute Gasteiger partial charge is 0.298 e. The summed E-state index contributed by atoms with van der Waals surface area (Å²) >= 11 is 0. The van der Waals surface area contributed by atoms with E-state index in [0.717, 1.165) is 0 Å². The highest BCUT2D eigenvalue weighted by atomic mass is 32.2. The fourth-order valence-corrected chi connectivity index (χ4v) is 5.26. The van der Waals surface area contributed by atoms with Crippen molar-refractivity contribution in [3.05, 3.63) is 114 Å². The second-order valence-electron chi connectivity index (χ2n) is 8.08. The van der Waals surface area contributed by atoms with Gasteiger partial charge in [-0.1, -0.05) is 36.4 Å². The summed E-state index contributed by atoms with van der Waals surface area (Å²) < 4.78 is 55.1. The Hall–Kier alpha value is -4.01. The van der Waals surface area contributed by atoms with Gasteiger partial charge in [0.25, 0.3) is 10.1 Å². The second-order valence-corrected chi connectivity index (χ2v) is 9.63. The van der Waals surface area contributed by atoms with Gasteiger partial charge in [0, 0.05) is 0 Å². The summed E-state index contributed by atoms with van der Waals surface area (Å²) in [7, 11) is 1.94. The summed E-state index contributed by atoms with van der Waals surface area (Å²) in [6.45, 7) is 0. The third-order valence-corrected chi connectivity index (χ3v) is 7.39. The van der Waals surface area contributed by atoms with Crippen molar-refractivity contribution < 1.29 is 31.5 Å². The van der Waals surface area contributed by atoms with Crippen LogP contribution in [0.25, 0.3) is 0 Å². The highest BCUT2D eigenvalue weighted by Gasteiger charge is 2.43. The quantitative estimate of drug-likeness (QED) is 0.204. The van der Waals surface area contributed by atoms with Gasteiger partial charge in [0.2, 0.25) is 0 Å². The third-order valence-electron chi connectivity index (χ3n) is 6.07.